The summed E-state index contributed by atoms with van der Waals surface area (Å²) in [6, 6.07) is 9.58. The number of aromatic amines is 1. The molecule has 0 bridgehead atoms. The Bertz CT molecular complexity index is 655. The van der Waals surface area contributed by atoms with Crippen molar-refractivity contribution in [2.75, 3.05) is 19.7 Å². The number of carbonyl (C=O) groups excluding carboxylic acids is 1. The summed E-state index contributed by atoms with van der Waals surface area (Å²) >= 11 is 0. The first-order valence-corrected chi connectivity index (χ1v) is 8.25. The minimum absolute atomic E-state index is 0.0431. The summed E-state index contributed by atoms with van der Waals surface area (Å²) in [5.74, 6) is 1.59. The van der Waals surface area contributed by atoms with Gasteiger partial charge >= 0.3 is 0 Å². The summed E-state index contributed by atoms with van der Waals surface area (Å²) in [5, 5.41) is 7.16. The van der Waals surface area contributed by atoms with Gasteiger partial charge in [-0.25, -0.2) is 0 Å². The number of hydrogen-bond donors (Lipinski definition) is 1. The molecule has 1 amide bonds. The molecule has 1 fully saturated rings. The van der Waals surface area contributed by atoms with Crippen molar-refractivity contribution in [3.05, 3.63) is 36.0 Å². The van der Waals surface area contributed by atoms with Gasteiger partial charge in [-0.05, 0) is 56.0 Å². The Labute approximate surface area is 136 Å². The lowest BCUT2D eigenvalue weighted by Crippen LogP contribution is -2.38. The van der Waals surface area contributed by atoms with E-state index in [9.17, 15) is 4.79 Å². The van der Waals surface area contributed by atoms with Gasteiger partial charge < -0.3 is 9.64 Å². The number of amides is 1. The Morgan fingerprint density at radius 3 is 2.65 bits per heavy atom. The summed E-state index contributed by atoms with van der Waals surface area (Å²) < 4.78 is 5.44. The topological polar surface area (TPSA) is 58.2 Å². The molecule has 0 spiro atoms. The van der Waals surface area contributed by atoms with Gasteiger partial charge in [0.25, 0.3) is 5.91 Å². The lowest BCUT2D eigenvalue weighted by atomic mass is 9.99. The number of aromatic nitrogens is 2. The van der Waals surface area contributed by atoms with E-state index in [0.29, 0.717) is 18.2 Å². The average molecular weight is 313 g/mol. The van der Waals surface area contributed by atoms with Crippen LogP contribution in [0.4, 0.5) is 0 Å². The molecule has 1 aromatic heterocycles. The lowest BCUT2D eigenvalue weighted by Gasteiger charge is -2.29. The quantitative estimate of drug-likeness (QED) is 0.941. The molecule has 1 aromatic carbocycles. The molecule has 23 heavy (non-hydrogen) atoms. The maximum Gasteiger partial charge on any atom is 0.271 e. The van der Waals surface area contributed by atoms with Crippen LogP contribution in [0.5, 0.6) is 5.75 Å². The second kappa shape index (κ2) is 6.86. The van der Waals surface area contributed by atoms with Crippen molar-refractivity contribution in [2.24, 2.45) is 5.92 Å². The predicted octanol–water partition coefficient (Wildman–Crippen LogP) is 3.35. The average Bonchev–Trinajstić information content (AvgIpc) is 3.06. The number of nitrogens with zero attached hydrogens (tertiary/aromatic N) is 2. The number of ether oxygens (including phenoxy) is 1. The molecule has 5 nitrogen and oxygen atoms in total. The van der Waals surface area contributed by atoms with Crippen molar-refractivity contribution < 1.29 is 9.53 Å². The zero-order chi connectivity index (χ0) is 16.2. The lowest BCUT2D eigenvalue weighted by molar-refractivity contribution is 0.0691. The maximum atomic E-state index is 12.5. The van der Waals surface area contributed by atoms with Gasteiger partial charge in [-0.1, -0.05) is 6.92 Å². The fraction of sp³-hybridized carbons (Fsp3) is 0.444. The fourth-order valence-electron chi connectivity index (χ4n) is 2.85. The van der Waals surface area contributed by atoms with Crippen LogP contribution < -0.4 is 4.74 Å². The van der Waals surface area contributed by atoms with Gasteiger partial charge in [-0.15, -0.1) is 0 Å². The highest BCUT2D eigenvalue weighted by molar-refractivity contribution is 5.93. The minimum Gasteiger partial charge on any atom is -0.494 e. The van der Waals surface area contributed by atoms with Gasteiger partial charge in [0.2, 0.25) is 0 Å². The van der Waals surface area contributed by atoms with Crippen molar-refractivity contribution in [3.63, 3.8) is 0 Å². The molecule has 0 atom stereocenters. The second-order valence-electron chi connectivity index (χ2n) is 6.10. The summed E-state index contributed by atoms with van der Waals surface area (Å²) in [7, 11) is 0. The van der Waals surface area contributed by atoms with Crippen molar-refractivity contribution >= 4 is 5.91 Å². The van der Waals surface area contributed by atoms with Gasteiger partial charge in [0.05, 0.1) is 12.3 Å². The molecule has 0 aliphatic carbocycles. The number of nitrogens with one attached hydrogen (secondary N) is 1. The summed E-state index contributed by atoms with van der Waals surface area (Å²) in [4.78, 5) is 14.4. The smallest absolute Gasteiger partial charge is 0.271 e. The highest BCUT2D eigenvalue weighted by Crippen LogP contribution is 2.23. The highest BCUT2D eigenvalue weighted by atomic mass is 16.5. The van der Waals surface area contributed by atoms with Crippen molar-refractivity contribution in [1.82, 2.24) is 15.1 Å². The van der Waals surface area contributed by atoms with Crippen LogP contribution in [0.25, 0.3) is 11.3 Å². The maximum absolute atomic E-state index is 12.5. The number of likely N-dealkylation sites (tertiary alicyclic amines) is 1. The number of H-pyrrole nitrogens is 1. The Hall–Kier alpha value is -2.30. The SMILES string of the molecule is CCOc1ccc(-c2cc(C(=O)N3CCC(C)CC3)[nH]n2)cc1. The van der Waals surface area contributed by atoms with Crippen LogP contribution in [0, 0.1) is 5.92 Å². The van der Waals surface area contributed by atoms with E-state index in [2.05, 4.69) is 17.1 Å². The number of piperidine rings is 1. The Kier molecular flexibility index (Phi) is 4.65. The van der Waals surface area contributed by atoms with E-state index in [1.54, 1.807) is 0 Å². The molecule has 1 aliphatic rings. The third-order valence-corrected chi connectivity index (χ3v) is 4.34. The van der Waals surface area contributed by atoms with Crippen LogP contribution in [0.2, 0.25) is 0 Å². The summed E-state index contributed by atoms with van der Waals surface area (Å²) in [6.07, 6.45) is 2.15. The summed E-state index contributed by atoms with van der Waals surface area (Å²) in [5.41, 5.74) is 2.31. The first-order valence-electron chi connectivity index (χ1n) is 8.25. The molecular weight excluding hydrogens is 290 g/mol. The van der Waals surface area contributed by atoms with E-state index in [4.69, 9.17) is 4.74 Å². The van der Waals surface area contributed by atoms with E-state index in [0.717, 1.165) is 42.9 Å². The minimum atomic E-state index is 0.0431. The van der Waals surface area contributed by atoms with Gasteiger partial charge in [0.15, 0.2) is 0 Å². The molecular formula is C18H23N3O2. The fourth-order valence-corrected chi connectivity index (χ4v) is 2.85. The van der Waals surface area contributed by atoms with E-state index < -0.39 is 0 Å². The van der Waals surface area contributed by atoms with Crippen LogP contribution in [-0.2, 0) is 0 Å². The molecule has 1 saturated heterocycles. The molecule has 0 unspecified atom stereocenters. The second-order valence-corrected chi connectivity index (χ2v) is 6.10. The zero-order valence-electron chi connectivity index (χ0n) is 13.7. The van der Waals surface area contributed by atoms with Crippen LogP contribution in [0.1, 0.15) is 37.2 Å². The van der Waals surface area contributed by atoms with Gasteiger partial charge in [-0.3, -0.25) is 9.89 Å². The zero-order valence-corrected chi connectivity index (χ0v) is 13.7. The summed E-state index contributed by atoms with van der Waals surface area (Å²) in [6.45, 7) is 6.51. The van der Waals surface area contributed by atoms with E-state index >= 15 is 0 Å². The molecule has 1 aliphatic heterocycles. The molecule has 0 radical (unpaired) electrons. The molecule has 1 N–H and O–H groups in total. The van der Waals surface area contributed by atoms with Crippen molar-refractivity contribution in [2.45, 2.75) is 26.7 Å². The van der Waals surface area contributed by atoms with Crippen molar-refractivity contribution in [3.8, 4) is 17.0 Å². The third kappa shape index (κ3) is 3.55. The molecule has 2 aromatic rings. The van der Waals surface area contributed by atoms with Crippen molar-refractivity contribution in [1.29, 1.82) is 0 Å². The largest absolute Gasteiger partial charge is 0.494 e. The van der Waals surface area contributed by atoms with Gasteiger partial charge in [-0.2, -0.15) is 5.10 Å². The van der Waals surface area contributed by atoms with E-state index in [-0.39, 0.29) is 5.91 Å². The molecule has 2 heterocycles. The van der Waals surface area contributed by atoms with Crippen LogP contribution in [0.3, 0.4) is 0 Å². The molecule has 122 valence electrons. The van der Waals surface area contributed by atoms with Crippen LogP contribution in [0.15, 0.2) is 30.3 Å². The van der Waals surface area contributed by atoms with Gasteiger partial charge in [0, 0.05) is 18.7 Å². The first kappa shape index (κ1) is 15.6. The first-order chi connectivity index (χ1) is 11.2. The Balaban J connectivity index is 1.71. The number of rotatable bonds is 4. The standard InChI is InChI=1S/C18H23N3O2/c1-3-23-15-6-4-14(5-7-15)16-12-17(20-19-16)18(22)21-10-8-13(2)9-11-21/h4-7,12-13H,3,8-11H2,1-2H3,(H,19,20). The Morgan fingerprint density at radius 1 is 1.30 bits per heavy atom. The normalized spacial score (nSPS) is 15.7. The van der Waals surface area contributed by atoms with Crippen LogP contribution >= 0.6 is 0 Å². The highest BCUT2D eigenvalue weighted by Gasteiger charge is 2.22. The van der Waals surface area contributed by atoms with E-state index in [1.807, 2.05) is 42.2 Å². The number of carbonyl (C=O) groups is 1. The Morgan fingerprint density at radius 2 is 2.00 bits per heavy atom. The van der Waals surface area contributed by atoms with Crippen LogP contribution in [-0.4, -0.2) is 40.7 Å². The molecule has 0 saturated carbocycles. The third-order valence-electron chi connectivity index (χ3n) is 4.34. The molecule has 5 heteroatoms. The van der Waals surface area contributed by atoms with Gasteiger partial charge in [0.1, 0.15) is 11.4 Å². The monoisotopic (exact) mass is 313 g/mol. The van der Waals surface area contributed by atoms with E-state index in [1.165, 1.54) is 0 Å². The molecule has 3 rings (SSSR count). The predicted molar refractivity (Wildman–Crippen MR) is 89.5 cm³/mol. The number of benzene rings is 1. The number of hydrogen-bond acceptors (Lipinski definition) is 3.